The minimum atomic E-state index is -0.516. The van der Waals surface area contributed by atoms with E-state index >= 15 is 0 Å². The van der Waals surface area contributed by atoms with Crippen molar-refractivity contribution in [3.05, 3.63) is 30.3 Å². The van der Waals surface area contributed by atoms with Gasteiger partial charge in [-0.3, -0.25) is 9.80 Å². The van der Waals surface area contributed by atoms with E-state index in [1.165, 1.54) is 0 Å². The highest BCUT2D eigenvalue weighted by molar-refractivity contribution is 6.38. The Labute approximate surface area is 159 Å². The van der Waals surface area contributed by atoms with Crippen LogP contribution < -0.4 is 5.01 Å². The lowest BCUT2D eigenvalue weighted by Crippen LogP contribution is -2.44. The molecule has 1 aromatic rings. The molecule has 2 aliphatic heterocycles. The summed E-state index contributed by atoms with van der Waals surface area (Å²) >= 11 is 0. The van der Waals surface area contributed by atoms with E-state index < -0.39 is 12.0 Å². The predicted octanol–water partition coefficient (Wildman–Crippen LogP) is 2.07. The summed E-state index contributed by atoms with van der Waals surface area (Å²) in [5, 5.41) is 6.08. The molecule has 7 nitrogen and oxygen atoms in total. The summed E-state index contributed by atoms with van der Waals surface area (Å²) in [6, 6.07) is 8.95. The van der Waals surface area contributed by atoms with E-state index in [4.69, 9.17) is 9.47 Å². The zero-order valence-corrected chi connectivity index (χ0v) is 16.0. The average molecular weight is 373 g/mol. The minimum absolute atomic E-state index is 0.000833. The number of rotatable bonds is 7. The summed E-state index contributed by atoms with van der Waals surface area (Å²) in [5.74, 6) is -0.0869. The van der Waals surface area contributed by atoms with Crippen molar-refractivity contribution in [2.24, 2.45) is 11.0 Å². The Balaban J connectivity index is 1.74. The first-order valence-electron chi connectivity index (χ1n) is 9.59. The number of hydrogen-bond acceptors (Lipinski definition) is 6. The van der Waals surface area contributed by atoms with Crippen LogP contribution in [-0.2, 0) is 19.1 Å². The quantitative estimate of drug-likeness (QED) is 0.684. The molecule has 0 aromatic heterocycles. The van der Waals surface area contributed by atoms with Gasteiger partial charge in [0.25, 0.3) is 0 Å². The molecule has 1 saturated heterocycles. The summed E-state index contributed by atoms with van der Waals surface area (Å²) in [4.78, 5) is 27.2. The topological polar surface area (TPSA) is 71.4 Å². The maximum absolute atomic E-state index is 13.2. The third-order valence-electron chi connectivity index (χ3n) is 4.88. The molecule has 2 heterocycles. The van der Waals surface area contributed by atoms with E-state index in [2.05, 4.69) is 5.10 Å². The van der Waals surface area contributed by atoms with Crippen LogP contribution in [0.3, 0.4) is 0 Å². The largest absolute Gasteiger partial charge is 0.461 e. The molecule has 3 rings (SSSR count). The smallest absolute Gasteiger partial charge is 0.354 e. The molecule has 0 unspecified atom stereocenters. The summed E-state index contributed by atoms with van der Waals surface area (Å²) in [7, 11) is 0. The number of carbonyl (C=O) groups excluding carboxylic acids is 2. The van der Waals surface area contributed by atoms with E-state index in [1.807, 2.05) is 42.2 Å². The van der Waals surface area contributed by atoms with Gasteiger partial charge in [0.2, 0.25) is 5.91 Å². The number of esters is 1. The van der Waals surface area contributed by atoms with Crippen LogP contribution in [0.1, 0.15) is 26.7 Å². The van der Waals surface area contributed by atoms with Crippen LogP contribution in [0, 0.1) is 5.92 Å². The van der Waals surface area contributed by atoms with Gasteiger partial charge in [-0.25, -0.2) is 4.79 Å². The van der Waals surface area contributed by atoms with E-state index in [9.17, 15) is 9.59 Å². The number of nitrogens with zero attached hydrogens (tertiary/aromatic N) is 3. The third-order valence-corrected chi connectivity index (χ3v) is 4.88. The second-order valence-corrected chi connectivity index (χ2v) is 6.77. The number of anilines is 1. The number of benzene rings is 1. The van der Waals surface area contributed by atoms with Gasteiger partial charge in [0.05, 0.1) is 18.9 Å². The van der Waals surface area contributed by atoms with Gasteiger partial charge in [-0.1, -0.05) is 18.2 Å². The molecule has 0 bridgehead atoms. The Morgan fingerprint density at radius 3 is 2.67 bits per heavy atom. The molecule has 0 saturated carbocycles. The van der Waals surface area contributed by atoms with Crippen LogP contribution in [-0.4, -0.2) is 61.4 Å². The van der Waals surface area contributed by atoms with E-state index in [-0.39, 0.29) is 18.9 Å². The molecule has 7 heteroatoms. The van der Waals surface area contributed by atoms with Gasteiger partial charge in [0.1, 0.15) is 11.8 Å². The fraction of sp³-hybridized carbons (Fsp3) is 0.550. The van der Waals surface area contributed by atoms with Crippen molar-refractivity contribution >= 4 is 23.3 Å². The summed E-state index contributed by atoms with van der Waals surface area (Å²) in [5.41, 5.74) is 1.09. The number of amides is 1. The highest BCUT2D eigenvalue weighted by Crippen LogP contribution is 2.28. The van der Waals surface area contributed by atoms with Crippen molar-refractivity contribution in [2.45, 2.75) is 32.7 Å². The number of ether oxygens (including phenoxy) is 2. The van der Waals surface area contributed by atoms with Gasteiger partial charge in [0.15, 0.2) is 0 Å². The molecular weight excluding hydrogens is 346 g/mol. The highest BCUT2D eigenvalue weighted by atomic mass is 16.5. The predicted molar refractivity (Wildman–Crippen MR) is 103 cm³/mol. The molecule has 1 amide bonds. The zero-order chi connectivity index (χ0) is 19.2. The molecule has 0 spiro atoms. The van der Waals surface area contributed by atoms with Crippen LogP contribution in [0.5, 0.6) is 0 Å². The van der Waals surface area contributed by atoms with Gasteiger partial charge < -0.3 is 14.4 Å². The van der Waals surface area contributed by atoms with Crippen molar-refractivity contribution in [3.63, 3.8) is 0 Å². The van der Waals surface area contributed by atoms with E-state index in [0.717, 1.165) is 12.1 Å². The molecule has 1 aromatic carbocycles. The Morgan fingerprint density at radius 2 is 1.96 bits per heavy atom. The first-order chi connectivity index (χ1) is 13.1. The summed E-state index contributed by atoms with van der Waals surface area (Å²) < 4.78 is 10.6. The lowest BCUT2D eigenvalue weighted by molar-refractivity contribution is -0.135. The van der Waals surface area contributed by atoms with Gasteiger partial charge in [-0.2, -0.15) is 5.10 Å². The number of para-hydroxylation sites is 1. The molecule has 27 heavy (non-hydrogen) atoms. The minimum Gasteiger partial charge on any atom is -0.461 e. The molecule has 146 valence electrons. The normalized spacial score (nSPS) is 22.1. The Kier molecular flexibility index (Phi) is 6.45. The zero-order valence-electron chi connectivity index (χ0n) is 16.0. The second kappa shape index (κ2) is 8.99. The van der Waals surface area contributed by atoms with Crippen LogP contribution in [0.25, 0.3) is 0 Å². The first kappa shape index (κ1) is 19.4. The van der Waals surface area contributed by atoms with Crippen LogP contribution >= 0.6 is 0 Å². The van der Waals surface area contributed by atoms with Gasteiger partial charge in [0, 0.05) is 32.0 Å². The van der Waals surface area contributed by atoms with Crippen molar-refractivity contribution in [2.75, 3.05) is 37.9 Å². The molecule has 2 atom stereocenters. The Hall–Kier alpha value is -2.41. The average Bonchev–Trinajstić information content (AvgIpc) is 3.34. The fourth-order valence-electron chi connectivity index (χ4n) is 3.52. The SMILES string of the molecule is CCOC[C@H]1CCN(C(=O)[C@@H]2CC(C(=O)OCC)=NN2c2ccccc2)C1. The lowest BCUT2D eigenvalue weighted by Gasteiger charge is -2.27. The van der Waals surface area contributed by atoms with Crippen molar-refractivity contribution in [3.8, 4) is 0 Å². The van der Waals surface area contributed by atoms with Crippen LogP contribution in [0.2, 0.25) is 0 Å². The fourth-order valence-corrected chi connectivity index (χ4v) is 3.52. The lowest BCUT2D eigenvalue weighted by atomic mass is 10.1. The molecule has 0 aliphatic carbocycles. The van der Waals surface area contributed by atoms with Crippen LogP contribution in [0.15, 0.2) is 35.4 Å². The second-order valence-electron chi connectivity index (χ2n) is 6.77. The standard InChI is InChI=1S/C20H27N3O4/c1-3-26-14-15-10-11-22(13-15)19(24)18-12-17(20(25)27-4-2)21-23(18)16-8-6-5-7-9-16/h5-9,15,18H,3-4,10-14H2,1-2H3/t15-,18-/m0/s1. The summed E-state index contributed by atoms with van der Waals surface area (Å²) in [6.45, 7) is 6.78. The van der Waals surface area contributed by atoms with Gasteiger partial charge in [-0.05, 0) is 32.4 Å². The number of hydrazone groups is 1. The summed E-state index contributed by atoms with van der Waals surface area (Å²) in [6.07, 6.45) is 1.20. The highest BCUT2D eigenvalue weighted by Gasteiger charge is 2.40. The van der Waals surface area contributed by atoms with Crippen LogP contribution in [0.4, 0.5) is 5.69 Å². The van der Waals surface area contributed by atoms with Gasteiger partial charge in [-0.15, -0.1) is 0 Å². The van der Waals surface area contributed by atoms with E-state index in [1.54, 1.807) is 11.9 Å². The van der Waals surface area contributed by atoms with Crippen molar-refractivity contribution in [1.82, 2.24) is 4.90 Å². The molecular formula is C20H27N3O4. The molecule has 0 radical (unpaired) electrons. The van der Waals surface area contributed by atoms with Gasteiger partial charge >= 0.3 is 5.97 Å². The number of hydrogen-bond donors (Lipinski definition) is 0. The maximum atomic E-state index is 13.2. The van der Waals surface area contributed by atoms with E-state index in [0.29, 0.717) is 37.9 Å². The van der Waals surface area contributed by atoms with Crippen molar-refractivity contribution < 1.29 is 19.1 Å². The van der Waals surface area contributed by atoms with Crippen molar-refractivity contribution in [1.29, 1.82) is 0 Å². The third kappa shape index (κ3) is 4.47. The molecule has 0 N–H and O–H groups in total. The monoisotopic (exact) mass is 373 g/mol. The maximum Gasteiger partial charge on any atom is 0.354 e. The first-order valence-corrected chi connectivity index (χ1v) is 9.59. The number of likely N-dealkylation sites (tertiary alicyclic amines) is 1. The Morgan fingerprint density at radius 1 is 1.19 bits per heavy atom. The number of carbonyl (C=O) groups is 2. The Bertz CT molecular complexity index is 692. The molecule has 2 aliphatic rings. The molecule has 1 fully saturated rings.